The van der Waals surface area contributed by atoms with E-state index in [0.29, 0.717) is 12.1 Å². The van der Waals surface area contributed by atoms with Crippen LogP contribution in [0.2, 0.25) is 0 Å². The van der Waals surface area contributed by atoms with Gasteiger partial charge in [-0.05, 0) is 66.9 Å². The summed E-state index contributed by atoms with van der Waals surface area (Å²) in [7, 11) is 0. The van der Waals surface area contributed by atoms with Crippen LogP contribution in [-0.4, -0.2) is 30.6 Å². The number of nitrogens with one attached hydrogen (secondary N) is 3. The Bertz CT molecular complexity index is 1210. The normalized spacial score (nSPS) is 14.9. The summed E-state index contributed by atoms with van der Waals surface area (Å²) in [5, 5.41) is 7.79. The predicted octanol–water partition coefficient (Wildman–Crippen LogP) is 4.71. The highest BCUT2D eigenvalue weighted by Crippen LogP contribution is 2.23. The first-order chi connectivity index (χ1) is 16.4. The molecule has 1 atom stereocenters. The zero-order valence-electron chi connectivity index (χ0n) is 17.9. The number of halogens is 2. The van der Waals surface area contributed by atoms with Crippen molar-refractivity contribution < 1.29 is 27.9 Å². The summed E-state index contributed by atoms with van der Waals surface area (Å²) in [5.74, 6) is -2.69. The maximum absolute atomic E-state index is 13.7. The molecule has 3 aromatic rings. The fourth-order valence-electron chi connectivity index (χ4n) is 3.53. The van der Waals surface area contributed by atoms with Gasteiger partial charge in [-0.25, -0.2) is 23.2 Å². The third-order valence-electron chi connectivity index (χ3n) is 5.31. The number of ether oxygens (including phenoxy) is 1. The van der Waals surface area contributed by atoms with E-state index < -0.39 is 35.6 Å². The zero-order chi connectivity index (χ0) is 24.1. The molecule has 1 fully saturated rings. The van der Waals surface area contributed by atoms with Crippen LogP contribution in [0.4, 0.5) is 25.0 Å². The molecule has 9 heteroatoms. The van der Waals surface area contributed by atoms with Gasteiger partial charge >= 0.3 is 18.0 Å². The topological polar surface area (TPSA) is 96.5 Å². The van der Waals surface area contributed by atoms with E-state index in [1.165, 1.54) is 0 Å². The monoisotopic (exact) mass is 465 g/mol. The summed E-state index contributed by atoms with van der Waals surface area (Å²) in [5.41, 5.74) is 2.05. The minimum atomic E-state index is -0.751. The summed E-state index contributed by atoms with van der Waals surface area (Å²) < 4.78 is 31.8. The molecule has 0 aromatic heterocycles. The van der Waals surface area contributed by atoms with E-state index in [-0.39, 0.29) is 11.3 Å². The molecule has 7 nitrogen and oxygen atoms in total. The first-order valence-electron chi connectivity index (χ1n) is 10.6. The Morgan fingerprint density at radius 3 is 2.21 bits per heavy atom. The van der Waals surface area contributed by atoms with Crippen molar-refractivity contribution in [3.8, 4) is 11.1 Å². The molecular formula is C25H21F2N3O4. The number of anilines is 2. The lowest BCUT2D eigenvalue weighted by molar-refractivity contribution is -0.139. The van der Waals surface area contributed by atoms with Gasteiger partial charge in [0.05, 0.1) is 11.3 Å². The van der Waals surface area contributed by atoms with Crippen molar-refractivity contribution in [3.05, 3.63) is 83.9 Å². The van der Waals surface area contributed by atoms with Crippen molar-refractivity contribution in [1.82, 2.24) is 5.32 Å². The molecule has 0 bridgehead atoms. The molecule has 0 aliphatic carbocycles. The minimum Gasteiger partial charge on any atom is -0.388 e. The molecule has 0 unspecified atom stereocenters. The maximum atomic E-state index is 13.7. The maximum Gasteiger partial charge on any atom is 0.345 e. The Hall–Kier alpha value is -4.11. The molecule has 1 heterocycles. The second-order valence-corrected chi connectivity index (χ2v) is 7.72. The number of hydrogen-bond acceptors (Lipinski definition) is 5. The predicted molar refractivity (Wildman–Crippen MR) is 122 cm³/mol. The summed E-state index contributed by atoms with van der Waals surface area (Å²) in [6.45, 7) is 0.729. The Morgan fingerprint density at radius 2 is 1.56 bits per heavy atom. The number of carbonyl (C=O) groups is 3. The average Bonchev–Trinajstić information content (AvgIpc) is 3.37. The second kappa shape index (κ2) is 10.2. The van der Waals surface area contributed by atoms with Gasteiger partial charge in [0.15, 0.2) is 0 Å². The van der Waals surface area contributed by atoms with Gasteiger partial charge in [-0.1, -0.05) is 24.3 Å². The van der Waals surface area contributed by atoms with Gasteiger partial charge in [-0.3, -0.25) is 0 Å². The highest BCUT2D eigenvalue weighted by atomic mass is 19.1. The molecule has 0 saturated carbocycles. The summed E-state index contributed by atoms with van der Waals surface area (Å²) in [6, 6.07) is 15.0. The molecule has 3 N–H and O–H groups in total. The van der Waals surface area contributed by atoms with Crippen LogP contribution >= 0.6 is 0 Å². The quantitative estimate of drug-likeness (QED) is 0.375. The molecule has 1 saturated heterocycles. The van der Waals surface area contributed by atoms with Gasteiger partial charge in [0.1, 0.15) is 17.7 Å². The van der Waals surface area contributed by atoms with Crippen molar-refractivity contribution in [3.63, 3.8) is 0 Å². The number of hydrogen-bond donors (Lipinski definition) is 3. The second-order valence-electron chi connectivity index (χ2n) is 7.72. The molecule has 34 heavy (non-hydrogen) atoms. The molecule has 174 valence electrons. The van der Waals surface area contributed by atoms with Gasteiger partial charge in [0, 0.05) is 11.8 Å². The van der Waals surface area contributed by atoms with E-state index >= 15 is 0 Å². The van der Waals surface area contributed by atoms with Gasteiger partial charge in [-0.15, -0.1) is 0 Å². The van der Waals surface area contributed by atoms with Crippen LogP contribution < -0.4 is 16.0 Å². The third-order valence-corrected chi connectivity index (χ3v) is 5.31. The molecular weight excluding hydrogens is 444 g/mol. The highest BCUT2D eigenvalue weighted by Gasteiger charge is 2.26. The lowest BCUT2D eigenvalue weighted by Crippen LogP contribution is -2.33. The Balaban J connectivity index is 1.35. The van der Waals surface area contributed by atoms with E-state index in [4.69, 9.17) is 4.74 Å². The SMILES string of the molecule is O=C(Nc1ccc(-c2ccc(C(=O)OC(=O)[C@H]3CCCN3)cc2)cc1)Nc1cc(F)ccc1F. The smallest absolute Gasteiger partial charge is 0.345 e. The molecule has 0 radical (unpaired) electrons. The Morgan fingerprint density at radius 1 is 0.882 bits per heavy atom. The van der Waals surface area contributed by atoms with E-state index in [1.54, 1.807) is 48.5 Å². The summed E-state index contributed by atoms with van der Waals surface area (Å²) in [4.78, 5) is 36.3. The third kappa shape index (κ3) is 5.62. The number of urea groups is 1. The van der Waals surface area contributed by atoms with Crippen LogP contribution in [0.5, 0.6) is 0 Å². The summed E-state index contributed by atoms with van der Waals surface area (Å²) >= 11 is 0. The average molecular weight is 465 g/mol. The number of amides is 2. The fraction of sp³-hybridized carbons (Fsp3) is 0.160. The van der Waals surface area contributed by atoms with Crippen LogP contribution in [-0.2, 0) is 9.53 Å². The molecule has 1 aliphatic heterocycles. The van der Waals surface area contributed by atoms with Crippen molar-refractivity contribution in [2.45, 2.75) is 18.9 Å². The van der Waals surface area contributed by atoms with Crippen molar-refractivity contribution in [2.24, 2.45) is 0 Å². The summed E-state index contributed by atoms with van der Waals surface area (Å²) in [6.07, 6.45) is 1.52. The van der Waals surface area contributed by atoms with Crippen LogP contribution in [0.3, 0.4) is 0 Å². The Labute approximate surface area is 194 Å². The lowest BCUT2D eigenvalue weighted by atomic mass is 10.0. The van der Waals surface area contributed by atoms with Gasteiger partial charge in [0.2, 0.25) is 0 Å². The Kier molecular flexibility index (Phi) is 6.93. The first-order valence-corrected chi connectivity index (χ1v) is 10.6. The van der Waals surface area contributed by atoms with Gasteiger partial charge < -0.3 is 20.7 Å². The number of benzene rings is 3. The van der Waals surface area contributed by atoms with Crippen LogP contribution in [0, 0.1) is 11.6 Å². The minimum absolute atomic E-state index is 0.259. The highest BCUT2D eigenvalue weighted by molar-refractivity contribution is 6.00. The fourth-order valence-corrected chi connectivity index (χ4v) is 3.53. The molecule has 2 amide bonds. The number of esters is 2. The largest absolute Gasteiger partial charge is 0.388 e. The van der Waals surface area contributed by atoms with Crippen molar-refractivity contribution >= 4 is 29.3 Å². The zero-order valence-corrected chi connectivity index (χ0v) is 17.9. The number of rotatable bonds is 5. The molecule has 1 aliphatic rings. The van der Waals surface area contributed by atoms with E-state index in [1.807, 2.05) is 0 Å². The molecule has 4 rings (SSSR count). The van der Waals surface area contributed by atoms with Crippen LogP contribution in [0.25, 0.3) is 11.1 Å². The van der Waals surface area contributed by atoms with E-state index in [2.05, 4.69) is 16.0 Å². The van der Waals surface area contributed by atoms with Crippen LogP contribution in [0.15, 0.2) is 66.7 Å². The molecule has 0 spiro atoms. The van der Waals surface area contributed by atoms with E-state index in [9.17, 15) is 23.2 Å². The van der Waals surface area contributed by atoms with Crippen molar-refractivity contribution in [1.29, 1.82) is 0 Å². The first kappa shape index (κ1) is 23.1. The van der Waals surface area contributed by atoms with E-state index in [0.717, 1.165) is 42.3 Å². The van der Waals surface area contributed by atoms with Crippen molar-refractivity contribution in [2.75, 3.05) is 17.2 Å². The van der Waals surface area contributed by atoms with Gasteiger partial charge in [-0.2, -0.15) is 0 Å². The molecule has 3 aromatic carbocycles. The lowest BCUT2D eigenvalue weighted by Gasteiger charge is -2.10. The van der Waals surface area contributed by atoms with Gasteiger partial charge in [0.25, 0.3) is 0 Å². The van der Waals surface area contributed by atoms with Crippen LogP contribution in [0.1, 0.15) is 23.2 Å². The standard InChI is InChI=1S/C25H21F2N3O4/c26-18-9-12-20(27)22(14-18)30-25(33)29-19-10-7-16(8-11-19)15-3-5-17(6-4-15)23(31)34-24(32)21-2-1-13-28-21/h3-12,14,21,28H,1-2,13H2,(H2,29,30,33)/t21-/m1/s1. The number of carbonyl (C=O) groups excluding carboxylic acids is 3.